The van der Waals surface area contributed by atoms with Gasteiger partial charge in [0, 0.05) is 18.2 Å². The molecule has 0 radical (unpaired) electrons. The van der Waals surface area contributed by atoms with E-state index in [0.717, 1.165) is 31.2 Å². The maximum Gasteiger partial charge on any atom is 0.254 e. The molecule has 2 fully saturated rings. The second-order valence-electron chi connectivity index (χ2n) is 5.86. The molecule has 2 atom stereocenters. The Hall–Kier alpha value is -1.59. The summed E-state index contributed by atoms with van der Waals surface area (Å²) in [6.07, 6.45) is 4.17. The molecule has 1 heterocycles. The summed E-state index contributed by atoms with van der Waals surface area (Å²) in [6, 6.07) is 7.60. The van der Waals surface area contributed by atoms with Gasteiger partial charge in [-0.2, -0.15) is 0 Å². The van der Waals surface area contributed by atoms with Crippen molar-refractivity contribution < 1.29 is 9.59 Å². The first-order valence-corrected chi connectivity index (χ1v) is 7.58. The van der Waals surface area contributed by atoms with E-state index in [1.807, 2.05) is 12.1 Å². The highest BCUT2D eigenvalue weighted by molar-refractivity contribution is 5.97. The average Bonchev–Trinajstić information content (AvgIpc) is 2.53. The van der Waals surface area contributed by atoms with Gasteiger partial charge < -0.3 is 16.0 Å². The van der Waals surface area contributed by atoms with Crippen molar-refractivity contribution in [3.05, 3.63) is 35.4 Å². The Kier molecular flexibility index (Phi) is 5.42. The summed E-state index contributed by atoms with van der Waals surface area (Å²) in [6.45, 7) is 0.629. The lowest BCUT2D eigenvalue weighted by atomic mass is 9.87. The Bertz CT molecular complexity index is 547. The number of hydrogen-bond donors (Lipinski definition) is 2. The van der Waals surface area contributed by atoms with Gasteiger partial charge in [-0.1, -0.05) is 25.0 Å². The number of nitrogens with zero attached hydrogens (tertiary/aromatic N) is 1. The van der Waals surface area contributed by atoms with Crippen molar-refractivity contribution in [3.63, 3.8) is 0 Å². The second-order valence-corrected chi connectivity index (χ2v) is 5.86. The fraction of sp³-hybridized carbons (Fsp3) is 0.500. The van der Waals surface area contributed by atoms with Crippen LogP contribution in [0.25, 0.3) is 0 Å². The first-order chi connectivity index (χ1) is 10.2. The third-order valence-corrected chi connectivity index (χ3v) is 4.49. The van der Waals surface area contributed by atoms with E-state index >= 15 is 0 Å². The number of halogens is 1. The molecule has 2 unspecified atom stereocenters. The highest BCUT2D eigenvalue weighted by Gasteiger charge is 2.38. The van der Waals surface area contributed by atoms with Crippen molar-refractivity contribution in [1.29, 1.82) is 0 Å². The molecule has 1 saturated heterocycles. The number of rotatable bonds is 2. The van der Waals surface area contributed by atoms with Gasteiger partial charge in [-0.15, -0.1) is 12.4 Å². The van der Waals surface area contributed by atoms with E-state index in [4.69, 9.17) is 5.73 Å². The van der Waals surface area contributed by atoms with E-state index in [0.29, 0.717) is 12.1 Å². The minimum atomic E-state index is -0.0509. The maximum absolute atomic E-state index is 12.7. The Morgan fingerprint density at radius 3 is 2.59 bits per heavy atom. The summed E-state index contributed by atoms with van der Waals surface area (Å²) >= 11 is 0. The average molecular weight is 324 g/mol. The minimum absolute atomic E-state index is 0. The van der Waals surface area contributed by atoms with Gasteiger partial charge >= 0.3 is 0 Å². The lowest BCUT2D eigenvalue weighted by Gasteiger charge is -2.44. The quantitative estimate of drug-likeness (QED) is 0.865. The second kappa shape index (κ2) is 7.11. The van der Waals surface area contributed by atoms with Crippen LogP contribution in [0.2, 0.25) is 0 Å². The predicted molar refractivity (Wildman–Crippen MR) is 86.8 cm³/mol. The van der Waals surface area contributed by atoms with Gasteiger partial charge in [-0.25, -0.2) is 0 Å². The standard InChI is InChI=1S/C16H21N3O2.ClH/c17-9-11-5-7-12(8-6-11)16(21)19-10-15(20)18-13-3-1-2-4-14(13)19;/h5-8,13-14H,1-4,9-10,17H2,(H,18,20);1H. The summed E-state index contributed by atoms with van der Waals surface area (Å²) in [5.41, 5.74) is 7.21. The van der Waals surface area contributed by atoms with Crippen LogP contribution in [-0.4, -0.2) is 35.3 Å². The van der Waals surface area contributed by atoms with Crippen molar-refractivity contribution in [2.24, 2.45) is 5.73 Å². The molecular formula is C16H22ClN3O2. The van der Waals surface area contributed by atoms with E-state index in [2.05, 4.69) is 5.32 Å². The number of piperazine rings is 1. The highest BCUT2D eigenvalue weighted by Crippen LogP contribution is 2.27. The molecule has 1 aliphatic carbocycles. The van der Waals surface area contributed by atoms with Crippen LogP contribution in [0, 0.1) is 0 Å². The van der Waals surface area contributed by atoms with Gasteiger partial charge in [0.15, 0.2) is 0 Å². The molecule has 0 spiro atoms. The zero-order valence-corrected chi connectivity index (χ0v) is 13.3. The number of fused-ring (bicyclic) bond motifs is 1. The number of hydrogen-bond acceptors (Lipinski definition) is 3. The topological polar surface area (TPSA) is 75.4 Å². The molecule has 22 heavy (non-hydrogen) atoms. The molecule has 1 aliphatic heterocycles. The molecule has 1 aromatic carbocycles. The summed E-state index contributed by atoms with van der Waals surface area (Å²) < 4.78 is 0. The molecule has 1 aromatic rings. The van der Waals surface area contributed by atoms with E-state index in [1.54, 1.807) is 17.0 Å². The summed E-state index contributed by atoms with van der Waals surface area (Å²) in [7, 11) is 0. The van der Waals surface area contributed by atoms with Gasteiger partial charge in [-0.05, 0) is 30.5 Å². The van der Waals surface area contributed by atoms with Crippen molar-refractivity contribution in [3.8, 4) is 0 Å². The fourth-order valence-corrected chi connectivity index (χ4v) is 3.35. The first kappa shape index (κ1) is 16.8. The molecule has 6 heteroatoms. The van der Waals surface area contributed by atoms with Crippen molar-refractivity contribution in [1.82, 2.24) is 10.2 Å². The normalized spacial score (nSPS) is 24.0. The van der Waals surface area contributed by atoms with Gasteiger partial charge in [0.1, 0.15) is 6.54 Å². The Morgan fingerprint density at radius 1 is 1.23 bits per heavy atom. The van der Waals surface area contributed by atoms with Crippen LogP contribution in [-0.2, 0) is 11.3 Å². The van der Waals surface area contributed by atoms with E-state index in [1.165, 1.54) is 0 Å². The number of carbonyl (C=O) groups excluding carboxylic acids is 2. The molecule has 3 rings (SSSR count). The Morgan fingerprint density at radius 2 is 1.91 bits per heavy atom. The largest absolute Gasteiger partial charge is 0.350 e. The summed E-state index contributed by atoms with van der Waals surface area (Å²) in [5, 5.41) is 3.02. The van der Waals surface area contributed by atoms with E-state index < -0.39 is 0 Å². The number of nitrogens with one attached hydrogen (secondary N) is 1. The van der Waals surface area contributed by atoms with Crippen LogP contribution < -0.4 is 11.1 Å². The van der Waals surface area contributed by atoms with Crippen LogP contribution in [0.1, 0.15) is 41.6 Å². The molecule has 0 bridgehead atoms. The van der Waals surface area contributed by atoms with Gasteiger partial charge in [0.2, 0.25) is 5.91 Å². The van der Waals surface area contributed by atoms with Crippen LogP contribution in [0.4, 0.5) is 0 Å². The molecule has 2 aliphatic rings. The zero-order chi connectivity index (χ0) is 14.8. The third kappa shape index (κ3) is 3.25. The number of benzene rings is 1. The molecule has 5 nitrogen and oxygen atoms in total. The molecule has 2 amide bonds. The first-order valence-electron chi connectivity index (χ1n) is 7.58. The van der Waals surface area contributed by atoms with Gasteiger partial charge in [0.05, 0.1) is 6.04 Å². The predicted octanol–water partition coefficient (Wildman–Crippen LogP) is 1.45. The molecule has 120 valence electrons. The van der Waals surface area contributed by atoms with Crippen LogP contribution >= 0.6 is 12.4 Å². The number of amides is 2. The zero-order valence-electron chi connectivity index (χ0n) is 12.5. The van der Waals surface area contributed by atoms with Crippen LogP contribution in [0.5, 0.6) is 0 Å². The van der Waals surface area contributed by atoms with E-state index in [9.17, 15) is 9.59 Å². The lowest BCUT2D eigenvalue weighted by molar-refractivity contribution is -0.127. The monoisotopic (exact) mass is 323 g/mol. The Labute approximate surface area is 136 Å². The number of carbonyl (C=O) groups is 2. The molecule has 1 saturated carbocycles. The third-order valence-electron chi connectivity index (χ3n) is 4.49. The SMILES string of the molecule is Cl.NCc1ccc(C(=O)N2CC(=O)NC3CCCCC32)cc1. The van der Waals surface area contributed by atoms with Crippen molar-refractivity contribution in [2.75, 3.05) is 6.54 Å². The Balaban J connectivity index is 0.00000176. The van der Waals surface area contributed by atoms with Gasteiger partial charge in [-0.3, -0.25) is 9.59 Å². The molecule has 3 N–H and O–H groups in total. The highest BCUT2D eigenvalue weighted by atomic mass is 35.5. The smallest absolute Gasteiger partial charge is 0.254 e. The van der Waals surface area contributed by atoms with Crippen molar-refractivity contribution in [2.45, 2.75) is 44.3 Å². The molecular weight excluding hydrogens is 302 g/mol. The lowest BCUT2D eigenvalue weighted by Crippen LogP contribution is -2.62. The van der Waals surface area contributed by atoms with Crippen LogP contribution in [0.3, 0.4) is 0 Å². The van der Waals surface area contributed by atoms with Crippen molar-refractivity contribution >= 4 is 24.2 Å². The summed E-state index contributed by atoms with van der Waals surface area (Å²) in [5.74, 6) is -0.101. The van der Waals surface area contributed by atoms with Gasteiger partial charge in [0.25, 0.3) is 5.91 Å². The van der Waals surface area contributed by atoms with E-state index in [-0.39, 0.29) is 42.8 Å². The molecule has 0 aromatic heterocycles. The summed E-state index contributed by atoms with van der Waals surface area (Å²) in [4.78, 5) is 26.3. The van der Waals surface area contributed by atoms with Crippen LogP contribution in [0.15, 0.2) is 24.3 Å². The number of nitrogens with two attached hydrogens (primary N) is 1. The maximum atomic E-state index is 12.7. The minimum Gasteiger partial charge on any atom is -0.350 e. The fourth-order valence-electron chi connectivity index (χ4n) is 3.35.